The Morgan fingerprint density at radius 1 is 1.42 bits per heavy atom. The smallest absolute Gasteiger partial charge is 0.106 e. The minimum Gasteiger partial charge on any atom is -0.302 e. The summed E-state index contributed by atoms with van der Waals surface area (Å²) in [5.41, 5.74) is 1.96. The lowest BCUT2D eigenvalue weighted by Crippen LogP contribution is -2.40. The van der Waals surface area contributed by atoms with Crippen LogP contribution in [0.15, 0.2) is 17.2 Å². The molecule has 0 spiro atoms. The molecule has 0 fully saturated rings. The zero-order valence-corrected chi connectivity index (χ0v) is 13.1. The molecule has 19 heavy (non-hydrogen) atoms. The van der Waals surface area contributed by atoms with Crippen molar-refractivity contribution in [3.8, 4) is 6.07 Å². The summed E-state index contributed by atoms with van der Waals surface area (Å²) in [4.78, 5) is 4.51. The lowest BCUT2D eigenvalue weighted by molar-refractivity contribution is 0.400. The second-order valence-corrected chi connectivity index (χ2v) is 5.99. The molecular formula is C15H23N3S. The first-order valence-corrected chi connectivity index (χ1v) is 7.72. The predicted molar refractivity (Wildman–Crippen MR) is 81.4 cm³/mol. The molecule has 0 amide bonds. The number of thioether (sulfide) groups is 1. The SMILES string of the molecule is CCC(C#N)(CCCSc1cc(C)cc(C)n1)NC. The van der Waals surface area contributed by atoms with Crippen LogP contribution in [0.1, 0.15) is 37.4 Å². The highest BCUT2D eigenvalue weighted by Crippen LogP contribution is 2.22. The van der Waals surface area contributed by atoms with Gasteiger partial charge in [-0.2, -0.15) is 5.26 Å². The van der Waals surface area contributed by atoms with Crippen LogP contribution in [0.25, 0.3) is 0 Å². The van der Waals surface area contributed by atoms with Crippen molar-refractivity contribution in [3.63, 3.8) is 0 Å². The first kappa shape index (κ1) is 16.0. The molecule has 0 aliphatic heterocycles. The molecule has 1 atom stereocenters. The van der Waals surface area contributed by atoms with E-state index in [2.05, 4.69) is 42.4 Å². The van der Waals surface area contributed by atoms with Gasteiger partial charge in [0.2, 0.25) is 0 Å². The Morgan fingerprint density at radius 2 is 2.16 bits per heavy atom. The fourth-order valence-corrected chi connectivity index (χ4v) is 3.07. The Morgan fingerprint density at radius 3 is 2.68 bits per heavy atom. The van der Waals surface area contributed by atoms with Crippen molar-refractivity contribution >= 4 is 11.8 Å². The van der Waals surface area contributed by atoms with Crippen LogP contribution in [-0.4, -0.2) is 23.3 Å². The molecule has 1 rings (SSSR count). The molecule has 3 nitrogen and oxygen atoms in total. The van der Waals surface area contributed by atoms with Crippen molar-refractivity contribution in [1.29, 1.82) is 5.26 Å². The van der Waals surface area contributed by atoms with Gasteiger partial charge in [-0.25, -0.2) is 4.98 Å². The van der Waals surface area contributed by atoms with Crippen LogP contribution in [0, 0.1) is 25.2 Å². The van der Waals surface area contributed by atoms with E-state index in [1.807, 2.05) is 14.0 Å². The van der Waals surface area contributed by atoms with E-state index in [1.165, 1.54) is 5.56 Å². The predicted octanol–water partition coefficient (Wildman–Crippen LogP) is 3.46. The summed E-state index contributed by atoms with van der Waals surface area (Å²) >= 11 is 1.77. The minimum absolute atomic E-state index is 0.365. The molecule has 0 aliphatic rings. The lowest BCUT2D eigenvalue weighted by Gasteiger charge is -2.24. The summed E-state index contributed by atoms with van der Waals surface area (Å²) in [6.45, 7) is 6.17. The van der Waals surface area contributed by atoms with Crippen LogP contribution < -0.4 is 5.32 Å². The number of pyridine rings is 1. The van der Waals surface area contributed by atoms with E-state index in [1.54, 1.807) is 11.8 Å². The highest BCUT2D eigenvalue weighted by atomic mass is 32.2. The van der Waals surface area contributed by atoms with Crippen LogP contribution in [0.3, 0.4) is 0 Å². The van der Waals surface area contributed by atoms with Crippen molar-refractivity contribution in [2.24, 2.45) is 0 Å². The molecule has 0 bridgehead atoms. The quantitative estimate of drug-likeness (QED) is 0.612. The third-order valence-electron chi connectivity index (χ3n) is 3.37. The van der Waals surface area contributed by atoms with Gasteiger partial charge in [0.25, 0.3) is 0 Å². The maximum absolute atomic E-state index is 9.23. The van der Waals surface area contributed by atoms with Gasteiger partial charge in [-0.3, -0.25) is 0 Å². The summed E-state index contributed by atoms with van der Waals surface area (Å²) in [6, 6.07) is 6.60. The number of hydrogen-bond donors (Lipinski definition) is 1. The fourth-order valence-electron chi connectivity index (χ4n) is 2.10. The third kappa shape index (κ3) is 4.85. The topological polar surface area (TPSA) is 48.7 Å². The number of hydrogen-bond acceptors (Lipinski definition) is 4. The molecule has 1 N–H and O–H groups in total. The highest BCUT2D eigenvalue weighted by Gasteiger charge is 2.24. The normalized spacial score (nSPS) is 13.8. The fraction of sp³-hybridized carbons (Fsp3) is 0.600. The lowest BCUT2D eigenvalue weighted by atomic mass is 9.93. The molecule has 1 aromatic heterocycles. The number of aromatic nitrogens is 1. The van der Waals surface area contributed by atoms with E-state index < -0.39 is 0 Å². The molecule has 0 saturated heterocycles. The monoisotopic (exact) mass is 277 g/mol. The van der Waals surface area contributed by atoms with E-state index in [0.717, 1.165) is 35.7 Å². The van der Waals surface area contributed by atoms with Gasteiger partial charge < -0.3 is 5.32 Å². The van der Waals surface area contributed by atoms with Crippen molar-refractivity contribution < 1.29 is 0 Å². The number of aryl methyl sites for hydroxylation is 2. The molecule has 1 unspecified atom stereocenters. The van der Waals surface area contributed by atoms with Crippen LogP contribution >= 0.6 is 11.8 Å². The summed E-state index contributed by atoms with van der Waals surface area (Å²) < 4.78 is 0. The average molecular weight is 277 g/mol. The first-order valence-electron chi connectivity index (χ1n) is 6.73. The molecule has 0 aromatic carbocycles. The van der Waals surface area contributed by atoms with Crippen LogP contribution in [0.4, 0.5) is 0 Å². The Kier molecular flexibility index (Phi) is 6.33. The van der Waals surface area contributed by atoms with E-state index in [9.17, 15) is 5.26 Å². The van der Waals surface area contributed by atoms with E-state index in [4.69, 9.17) is 0 Å². The summed E-state index contributed by atoms with van der Waals surface area (Å²) in [7, 11) is 1.87. The van der Waals surface area contributed by atoms with Crippen molar-refractivity contribution in [3.05, 3.63) is 23.4 Å². The largest absolute Gasteiger partial charge is 0.302 e. The molecule has 1 aromatic rings. The number of nitrogens with zero attached hydrogens (tertiary/aromatic N) is 2. The van der Waals surface area contributed by atoms with Gasteiger partial charge in [0, 0.05) is 5.69 Å². The van der Waals surface area contributed by atoms with Crippen molar-refractivity contribution in [2.45, 2.75) is 50.6 Å². The van der Waals surface area contributed by atoms with Crippen molar-refractivity contribution in [2.75, 3.05) is 12.8 Å². The number of rotatable bonds is 7. The molecule has 4 heteroatoms. The van der Waals surface area contributed by atoms with Gasteiger partial charge in [-0.05, 0) is 63.6 Å². The van der Waals surface area contributed by atoms with Gasteiger partial charge in [0.1, 0.15) is 5.54 Å². The Balaban J connectivity index is 2.45. The number of nitrogens with one attached hydrogen (secondary N) is 1. The molecule has 104 valence electrons. The number of nitriles is 1. The van der Waals surface area contributed by atoms with Gasteiger partial charge in [0.05, 0.1) is 11.1 Å². The summed E-state index contributed by atoms with van der Waals surface area (Å²) in [6.07, 6.45) is 2.74. The van der Waals surface area contributed by atoms with E-state index in [0.29, 0.717) is 0 Å². The Labute approximate surface area is 120 Å². The minimum atomic E-state index is -0.365. The zero-order chi connectivity index (χ0) is 14.3. The van der Waals surface area contributed by atoms with Gasteiger partial charge in [-0.15, -0.1) is 11.8 Å². The zero-order valence-electron chi connectivity index (χ0n) is 12.3. The van der Waals surface area contributed by atoms with E-state index >= 15 is 0 Å². The maximum Gasteiger partial charge on any atom is 0.106 e. The van der Waals surface area contributed by atoms with E-state index in [-0.39, 0.29) is 5.54 Å². The Hall–Kier alpha value is -1.05. The second-order valence-electron chi connectivity index (χ2n) is 4.87. The van der Waals surface area contributed by atoms with Crippen LogP contribution in [-0.2, 0) is 0 Å². The van der Waals surface area contributed by atoms with Gasteiger partial charge in [0.15, 0.2) is 0 Å². The summed E-state index contributed by atoms with van der Waals surface area (Å²) in [5, 5.41) is 13.5. The molecule has 0 radical (unpaired) electrons. The van der Waals surface area contributed by atoms with Crippen molar-refractivity contribution in [1.82, 2.24) is 10.3 Å². The Bertz CT molecular complexity index is 427. The average Bonchev–Trinajstić information content (AvgIpc) is 2.39. The first-order chi connectivity index (χ1) is 9.05. The molecule has 0 aliphatic carbocycles. The molecular weight excluding hydrogens is 254 g/mol. The standard InChI is InChI=1S/C15H23N3S/c1-5-15(11-16,17-4)7-6-8-19-14-10-12(2)9-13(3)18-14/h9-10,17H,5-8H2,1-4H3. The third-order valence-corrected chi connectivity index (χ3v) is 4.37. The molecule has 0 saturated carbocycles. The van der Waals surface area contributed by atoms with Gasteiger partial charge >= 0.3 is 0 Å². The maximum atomic E-state index is 9.23. The highest BCUT2D eigenvalue weighted by molar-refractivity contribution is 7.99. The van der Waals surface area contributed by atoms with Crippen LogP contribution in [0.2, 0.25) is 0 Å². The van der Waals surface area contributed by atoms with Gasteiger partial charge in [-0.1, -0.05) is 6.92 Å². The second kappa shape index (κ2) is 7.52. The molecule has 1 heterocycles. The summed E-state index contributed by atoms with van der Waals surface area (Å²) in [5.74, 6) is 1.00. The van der Waals surface area contributed by atoms with Crippen LogP contribution in [0.5, 0.6) is 0 Å².